The molecule has 0 amide bonds. The van der Waals surface area contributed by atoms with E-state index in [0.29, 0.717) is 6.61 Å². The molecule has 0 bridgehead atoms. The standard InChI is InChI=1S/C7H10O3S/c1-4-6(11-5(2)8)3-10-7(4)9/h4,6H,3H2,1-2H3/t4-,6-/m1/s1. The Labute approximate surface area is 69.5 Å². The van der Waals surface area contributed by atoms with Crippen molar-refractivity contribution in [1.82, 2.24) is 0 Å². The van der Waals surface area contributed by atoms with Gasteiger partial charge in [-0.25, -0.2) is 0 Å². The maximum absolute atomic E-state index is 10.8. The normalized spacial score (nSPS) is 30.2. The van der Waals surface area contributed by atoms with Crippen LogP contribution in [0.3, 0.4) is 0 Å². The van der Waals surface area contributed by atoms with Gasteiger partial charge in [0.2, 0.25) is 0 Å². The minimum absolute atomic E-state index is 0.0278. The predicted octanol–water partition coefficient (Wildman–Crippen LogP) is 0.828. The van der Waals surface area contributed by atoms with Gasteiger partial charge in [0.05, 0.1) is 11.2 Å². The summed E-state index contributed by atoms with van der Waals surface area (Å²) in [6.45, 7) is 3.67. The molecule has 1 rings (SSSR count). The van der Waals surface area contributed by atoms with Crippen molar-refractivity contribution in [2.45, 2.75) is 19.1 Å². The summed E-state index contributed by atoms with van der Waals surface area (Å²) in [6.07, 6.45) is 0. The van der Waals surface area contributed by atoms with E-state index in [-0.39, 0.29) is 22.3 Å². The molecule has 0 spiro atoms. The molecule has 0 radical (unpaired) electrons. The van der Waals surface area contributed by atoms with E-state index in [4.69, 9.17) is 4.74 Å². The first-order valence-electron chi connectivity index (χ1n) is 3.45. The second-order valence-electron chi connectivity index (χ2n) is 2.57. The molecular weight excluding hydrogens is 164 g/mol. The summed E-state index contributed by atoms with van der Waals surface area (Å²) >= 11 is 1.19. The van der Waals surface area contributed by atoms with Crippen molar-refractivity contribution in [3.63, 3.8) is 0 Å². The molecule has 11 heavy (non-hydrogen) atoms. The van der Waals surface area contributed by atoms with Crippen LogP contribution in [0, 0.1) is 5.92 Å². The Morgan fingerprint density at radius 1 is 1.73 bits per heavy atom. The number of hydrogen-bond acceptors (Lipinski definition) is 4. The van der Waals surface area contributed by atoms with E-state index in [0.717, 1.165) is 0 Å². The number of cyclic esters (lactones) is 1. The fraction of sp³-hybridized carbons (Fsp3) is 0.714. The third kappa shape index (κ3) is 1.96. The van der Waals surface area contributed by atoms with Crippen LogP contribution in [0.2, 0.25) is 0 Å². The Hall–Kier alpha value is -0.510. The number of thioether (sulfide) groups is 1. The maximum Gasteiger partial charge on any atom is 0.309 e. The van der Waals surface area contributed by atoms with Crippen LogP contribution >= 0.6 is 11.8 Å². The lowest BCUT2D eigenvalue weighted by atomic mass is 10.1. The summed E-state index contributed by atoms with van der Waals surface area (Å²) in [7, 11) is 0. The predicted molar refractivity (Wildman–Crippen MR) is 42.2 cm³/mol. The lowest BCUT2D eigenvalue weighted by Gasteiger charge is -2.05. The highest BCUT2D eigenvalue weighted by Gasteiger charge is 2.34. The van der Waals surface area contributed by atoms with Crippen molar-refractivity contribution in [1.29, 1.82) is 0 Å². The summed E-state index contributed by atoms with van der Waals surface area (Å²) in [4.78, 5) is 21.5. The molecule has 0 saturated carbocycles. The minimum Gasteiger partial charge on any atom is -0.464 e. The molecule has 0 aromatic heterocycles. The second-order valence-corrected chi connectivity index (χ2v) is 3.98. The van der Waals surface area contributed by atoms with Gasteiger partial charge < -0.3 is 4.74 Å². The number of ether oxygens (including phenoxy) is 1. The molecule has 4 heteroatoms. The van der Waals surface area contributed by atoms with E-state index >= 15 is 0 Å². The van der Waals surface area contributed by atoms with Crippen molar-refractivity contribution < 1.29 is 14.3 Å². The molecule has 0 N–H and O–H groups in total. The van der Waals surface area contributed by atoms with Crippen LogP contribution in [0.4, 0.5) is 0 Å². The van der Waals surface area contributed by atoms with Gasteiger partial charge in [-0.3, -0.25) is 9.59 Å². The van der Waals surface area contributed by atoms with Gasteiger partial charge in [-0.2, -0.15) is 0 Å². The zero-order chi connectivity index (χ0) is 8.43. The van der Waals surface area contributed by atoms with E-state index in [1.54, 1.807) is 6.92 Å². The monoisotopic (exact) mass is 174 g/mol. The van der Waals surface area contributed by atoms with Crippen LogP contribution < -0.4 is 0 Å². The first-order chi connectivity index (χ1) is 5.11. The molecule has 0 aromatic carbocycles. The molecule has 1 heterocycles. The van der Waals surface area contributed by atoms with E-state index in [2.05, 4.69) is 0 Å². The minimum atomic E-state index is -0.191. The highest BCUT2D eigenvalue weighted by atomic mass is 32.2. The lowest BCUT2D eigenvalue weighted by molar-refractivity contribution is -0.140. The first-order valence-corrected chi connectivity index (χ1v) is 4.33. The van der Waals surface area contributed by atoms with Crippen molar-refractivity contribution in [2.24, 2.45) is 5.92 Å². The second kappa shape index (κ2) is 3.26. The Bertz CT molecular complexity index is 190. The van der Waals surface area contributed by atoms with Gasteiger partial charge in [0, 0.05) is 6.92 Å². The Balaban J connectivity index is 2.48. The van der Waals surface area contributed by atoms with Crippen LogP contribution in [-0.4, -0.2) is 22.9 Å². The third-order valence-corrected chi connectivity index (χ3v) is 2.82. The molecule has 3 nitrogen and oxygen atoms in total. The fourth-order valence-electron chi connectivity index (χ4n) is 0.941. The molecule has 0 aromatic rings. The van der Waals surface area contributed by atoms with Crippen LogP contribution in [0.1, 0.15) is 13.8 Å². The number of carbonyl (C=O) groups is 2. The van der Waals surface area contributed by atoms with Crippen molar-refractivity contribution in [3.8, 4) is 0 Å². The molecule has 62 valence electrons. The molecular formula is C7H10O3S. The third-order valence-electron chi connectivity index (χ3n) is 1.64. The molecule has 1 saturated heterocycles. The summed E-state index contributed by atoms with van der Waals surface area (Å²) in [5.41, 5.74) is 0. The molecule has 1 fully saturated rings. The first kappa shape index (κ1) is 8.59. The van der Waals surface area contributed by atoms with Crippen LogP contribution in [0.5, 0.6) is 0 Å². The summed E-state index contributed by atoms with van der Waals surface area (Å²) < 4.78 is 4.77. The molecule has 1 aliphatic heterocycles. The van der Waals surface area contributed by atoms with E-state index in [1.807, 2.05) is 0 Å². The largest absolute Gasteiger partial charge is 0.464 e. The SMILES string of the molecule is CC(=O)S[C@@H]1COC(=O)[C@@H]1C. The lowest BCUT2D eigenvalue weighted by Crippen LogP contribution is -2.15. The number of esters is 1. The highest BCUT2D eigenvalue weighted by molar-refractivity contribution is 8.14. The number of hydrogen-bond donors (Lipinski definition) is 0. The van der Waals surface area contributed by atoms with E-state index < -0.39 is 0 Å². The summed E-state index contributed by atoms with van der Waals surface area (Å²) in [6, 6.07) is 0. The van der Waals surface area contributed by atoms with Crippen LogP contribution in [0.25, 0.3) is 0 Å². The van der Waals surface area contributed by atoms with Crippen molar-refractivity contribution in [2.75, 3.05) is 6.61 Å². The fourth-order valence-corrected chi connectivity index (χ4v) is 1.82. The van der Waals surface area contributed by atoms with Crippen LogP contribution in [0.15, 0.2) is 0 Å². The van der Waals surface area contributed by atoms with Gasteiger partial charge in [0.1, 0.15) is 6.61 Å². The quantitative estimate of drug-likeness (QED) is 0.552. The smallest absolute Gasteiger partial charge is 0.309 e. The highest BCUT2D eigenvalue weighted by Crippen LogP contribution is 2.26. The Morgan fingerprint density at radius 3 is 2.73 bits per heavy atom. The van der Waals surface area contributed by atoms with E-state index in [1.165, 1.54) is 18.7 Å². The Kier molecular flexibility index (Phi) is 2.54. The maximum atomic E-state index is 10.8. The van der Waals surface area contributed by atoms with Gasteiger partial charge in [0.15, 0.2) is 5.12 Å². The Morgan fingerprint density at radius 2 is 2.36 bits per heavy atom. The number of carbonyl (C=O) groups excluding carboxylic acids is 2. The average Bonchev–Trinajstić information content (AvgIpc) is 2.18. The zero-order valence-corrected chi connectivity index (χ0v) is 7.31. The van der Waals surface area contributed by atoms with Crippen LogP contribution in [-0.2, 0) is 14.3 Å². The average molecular weight is 174 g/mol. The molecule has 0 unspecified atom stereocenters. The summed E-state index contributed by atoms with van der Waals surface area (Å²) in [5, 5.41) is 0.0696. The topological polar surface area (TPSA) is 43.4 Å². The summed E-state index contributed by atoms with van der Waals surface area (Å²) in [5.74, 6) is -0.326. The molecule has 0 aliphatic carbocycles. The molecule has 1 aliphatic rings. The molecule has 2 atom stereocenters. The van der Waals surface area contributed by atoms with Crippen molar-refractivity contribution >= 4 is 22.8 Å². The van der Waals surface area contributed by atoms with Gasteiger partial charge >= 0.3 is 5.97 Å². The van der Waals surface area contributed by atoms with Gasteiger partial charge in [0.25, 0.3) is 0 Å². The van der Waals surface area contributed by atoms with Gasteiger partial charge in [-0.1, -0.05) is 18.7 Å². The van der Waals surface area contributed by atoms with Crippen molar-refractivity contribution in [3.05, 3.63) is 0 Å². The van der Waals surface area contributed by atoms with E-state index in [9.17, 15) is 9.59 Å². The number of rotatable bonds is 1. The van der Waals surface area contributed by atoms with Gasteiger partial charge in [-0.05, 0) is 0 Å². The van der Waals surface area contributed by atoms with Gasteiger partial charge in [-0.15, -0.1) is 0 Å². The zero-order valence-electron chi connectivity index (χ0n) is 6.49.